The number of hydrogen-bond acceptors (Lipinski definition) is 4. The van der Waals surface area contributed by atoms with Gasteiger partial charge in [-0.25, -0.2) is 4.98 Å². The molecule has 122 valence electrons. The monoisotopic (exact) mass is 322 g/mol. The van der Waals surface area contributed by atoms with E-state index in [1.807, 2.05) is 13.8 Å². The lowest BCUT2D eigenvalue weighted by molar-refractivity contribution is 0.0693. The smallest absolute Gasteiger partial charge is 0.266 e. The molecule has 0 bridgehead atoms. The van der Waals surface area contributed by atoms with Gasteiger partial charge in [0.15, 0.2) is 0 Å². The molecule has 1 amide bonds. The summed E-state index contributed by atoms with van der Waals surface area (Å²) in [4.78, 5) is 20.5. The molecule has 22 heavy (non-hydrogen) atoms. The molecule has 1 aromatic rings. The van der Waals surface area contributed by atoms with E-state index in [0.29, 0.717) is 6.04 Å². The second-order valence-electron chi connectivity index (χ2n) is 6.60. The minimum absolute atomic E-state index is 0.0468. The Bertz CT molecular complexity index is 537. The summed E-state index contributed by atoms with van der Waals surface area (Å²) in [5, 5.41) is 0.903. The van der Waals surface area contributed by atoms with Crippen LogP contribution in [0.5, 0.6) is 0 Å². The van der Waals surface area contributed by atoms with Crippen molar-refractivity contribution in [3.05, 3.63) is 15.6 Å². The Labute approximate surface area is 136 Å². The van der Waals surface area contributed by atoms with Crippen molar-refractivity contribution in [1.29, 1.82) is 0 Å². The highest BCUT2D eigenvalue weighted by molar-refractivity contribution is 7.13. The lowest BCUT2D eigenvalue weighted by Gasteiger charge is -2.29. The van der Waals surface area contributed by atoms with Crippen LogP contribution in [0, 0.1) is 12.8 Å². The number of carbonyl (C=O) groups is 1. The van der Waals surface area contributed by atoms with E-state index in [1.165, 1.54) is 43.4 Å². The van der Waals surface area contributed by atoms with Gasteiger partial charge in [-0.1, -0.05) is 12.8 Å². The first-order valence-electron chi connectivity index (χ1n) is 8.43. The predicted octanol–water partition coefficient (Wildman–Crippen LogP) is 3.95. The van der Waals surface area contributed by atoms with E-state index in [1.54, 1.807) is 7.11 Å². The molecule has 0 spiro atoms. The quantitative estimate of drug-likeness (QED) is 0.843. The van der Waals surface area contributed by atoms with Crippen molar-refractivity contribution in [2.45, 2.75) is 64.5 Å². The number of amides is 1. The van der Waals surface area contributed by atoms with Crippen molar-refractivity contribution in [3.8, 4) is 0 Å². The summed E-state index contributed by atoms with van der Waals surface area (Å²) < 4.78 is 5.34. The zero-order chi connectivity index (χ0) is 15.7. The van der Waals surface area contributed by atoms with Crippen LogP contribution in [0.1, 0.15) is 71.9 Å². The van der Waals surface area contributed by atoms with Gasteiger partial charge in [0.25, 0.3) is 5.91 Å². The Morgan fingerprint density at radius 1 is 1.32 bits per heavy atom. The fourth-order valence-corrected chi connectivity index (χ4v) is 4.95. The topological polar surface area (TPSA) is 42.4 Å². The first kappa shape index (κ1) is 15.9. The van der Waals surface area contributed by atoms with Crippen LogP contribution in [0.2, 0.25) is 0 Å². The van der Waals surface area contributed by atoms with Crippen molar-refractivity contribution >= 4 is 17.2 Å². The van der Waals surface area contributed by atoms with Gasteiger partial charge >= 0.3 is 0 Å². The largest absolute Gasteiger partial charge is 0.375 e. The van der Waals surface area contributed by atoms with Gasteiger partial charge in [-0.2, -0.15) is 0 Å². The Kier molecular flexibility index (Phi) is 4.83. The summed E-state index contributed by atoms with van der Waals surface area (Å²) in [6.07, 6.45) is 7.53. The molecule has 0 aromatic carbocycles. The maximum Gasteiger partial charge on any atom is 0.266 e. The number of thiazole rings is 1. The molecule has 2 fully saturated rings. The van der Waals surface area contributed by atoms with Crippen LogP contribution in [0.25, 0.3) is 0 Å². The van der Waals surface area contributed by atoms with E-state index in [9.17, 15) is 4.79 Å². The average Bonchev–Trinajstić information content (AvgIpc) is 3.24. The lowest BCUT2D eigenvalue weighted by atomic mass is 9.96. The van der Waals surface area contributed by atoms with Crippen molar-refractivity contribution in [3.63, 3.8) is 0 Å². The number of ether oxygens (including phenoxy) is 1. The Hall–Kier alpha value is -0.940. The van der Waals surface area contributed by atoms with E-state index in [0.717, 1.165) is 34.5 Å². The third-order valence-electron chi connectivity index (χ3n) is 5.21. The second kappa shape index (κ2) is 6.67. The molecule has 1 aliphatic carbocycles. The van der Waals surface area contributed by atoms with Gasteiger partial charge in [0.2, 0.25) is 0 Å². The molecule has 5 heteroatoms. The zero-order valence-electron chi connectivity index (χ0n) is 13.8. The Morgan fingerprint density at radius 3 is 2.73 bits per heavy atom. The molecule has 1 aliphatic heterocycles. The highest BCUT2D eigenvalue weighted by Gasteiger charge is 2.37. The third kappa shape index (κ3) is 2.93. The highest BCUT2D eigenvalue weighted by Crippen LogP contribution is 2.37. The summed E-state index contributed by atoms with van der Waals surface area (Å²) in [5.74, 6) is 0.913. The number of aryl methyl sites for hydroxylation is 1. The third-order valence-corrected chi connectivity index (χ3v) is 6.52. The summed E-state index contributed by atoms with van der Waals surface area (Å²) in [7, 11) is 1.68. The fourth-order valence-electron chi connectivity index (χ4n) is 3.90. The van der Waals surface area contributed by atoms with Gasteiger partial charge in [-0.05, 0) is 45.4 Å². The number of nitrogens with zero attached hydrogens (tertiary/aromatic N) is 2. The zero-order valence-corrected chi connectivity index (χ0v) is 14.6. The molecule has 0 radical (unpaired) electrons. The molecule has 2 aliphatic rings. The first-order valence-corrected chi connectivity index (χ1v) is 9.24. The molecule has 1 saturated carbocycles. The van der Waals surface area contributed by atoms with E-state index >= 15 is 0 Å². The SMILES string of the molecule is CO[C@@H](C)c1nc(C)c(C(=O)N2CCC[C@@H]2C2CCCC2)s1. The normalized spacial score (nSPS) is 24.1. The lowest BCUT2D eigenvalue weighted by Crippen LogP contribution is -2.39. The van der Waals surface area contributed by atoms with Crippen LogP contribution in [0.4, 0.5) is 0 Å². The molecule has 2 heterocycles. The van der Waals surface area contributed by atoms with Crippen LogP contribution < -0.4 is 0 Å². The van der Waals surface area contributed by atoms with E-state index < -0.39 is 0 Å². The van der Waals surface area contributed by atoms with Gasteiger partial charge in [-0.15, -0.1) is 11.3 Å². The van der Waals surface area contributed by atoms with E-state index in [-0.39, 0.29) is 12.0 Å². The second-order valence-corrected chi connectivity index (χ2v) is 7.63. The molecule has 3 rings (SSSR count). The van der Waals surface area contributed by atoms with Crippen molar-refractivity contribution in [1.82, 2.24) is 9.88 Å². The molecule has 2 atom stereocenters. The minimum atomic E-state index is -0.0468. The molecule has 4 nitrogen and oxygen atoms in total. The number of rotatable bonds is 4. The van der Waals surface area contributed by atoms with Crippen molar-refractivity contribution in [2.75, 3.05) is 13.7 Å². The summed E-state index contributed by atoms with van der Waals surface area (Å²) in [5.41, 5.74) is 0.853. The predicted molar refractivity (Wildman–Crippen MR) is 88.3 cm³/mol. The minimum Gasteiger partial charge on any atom is -0.375 e. The molecule has 0 unspecified atom stereocenters. The molecule has 1 saturated heterocycles. The van der Waals surface area contributed by atoms with Crippen LogP contribution in [0.15, 0.2) is 0 Å². The fraction of sp³-hybridized carbons (Fsp3) is 0.765. The molecule has 0 N–H and O–H groups in total. The molecular formula is C17H26N2O2S. The molecular weight excluding hydrogens is 296 g/mol. The first-order chi connectivity index (χ1) is 10.6. The number of methoxy groups -OCH3 is 1. The standard InChI is InChI=1S/C17H26N2O2S/c1-11-15(22-16(18-11)12(2)21-3)17(20)19-10-6-9-14(19)13-7-4-5-8-13/h12-14H,4-10H2,1-3H3/t12-,14+/m0/s1. The maximum atomic E-state index is 13.0. The number of hydrogen-bond donors (Lipinski definition) is 0. The summed E-state index contributed by atoms with van der Waals surface area (Å²) in [6, 6.07) is 0.458. The molecule has 1 aromatic heterocycles. The summed E-state index contributed by atoms with van der Waals surface area (Å²) >= 11 is 1.50. The number of likely N-dealkylation sites (tertiary alicyclic amines) is 1. The average molecular weight is 322 g/mol. The van der Waals surface area contributed by atoms with Crippen LogP contribution in [-0.2, 0) is 4.74 Å². The number of carbonyl (C=O) groups excluding carboxylic acids is 1. The van der Waals surface area contributed by atoms with Crippen molar-refractivity contribution in [2.24, 2.45) is 5.92 Å². The van der Waals surface area contributed by atoms with E-state index in [4.69, 9.17) is 4.74 Å². The maximum absolute atomic E-state index is 13.0. The van der Waals surface area contributed by atoms with Crippen LogP contribution in [-0.4, -0.2) is 35.5 Å². The van der Waals surface area contributed by atoms with Crippen LogP contribution >= 0.6 is 11.3 Å². The highest BCUT2D eigenvalue weighted by atomic mass is 32.1. The van der Waals surface area contributed by atoms with Crippen LogP contribution in [0.3, 0.4) is 0 Å². The van der Waals surface area contributed by atoms with Gasteiger partial charge in [0.1, 0.15) is 16.0 Å². The summed E-state index contributed by atoms with van der Waals surface area (Å²) in [6.45, 7) is 4.83. The van der Waals surface area contributed by atoms with Crippen molar-refractivity contribution < 1.29 is 9.53 Å². The van der Waals surface area contributed by atoms with Gasteiger partial charge in [-0.3, -0.25) is 4.79 Å². The van der Waals surface area contributed by atoms with Gasteiger partial charge in [0, 0.05) is 19.7 Å². The number of aromatic nitrogens is 1. The van der Waals surface area contributed by atoms with E-state index in [2.05, 4.69) is 9.88 Å². The van der Waals surface area contributed by atoms with Gasteiger partial charge < -0.3 is 9.64 Å². The van der Waals surface area contributed by atoms with Gasteiger partial charge in [0.05, 0.1) is 5.69 Å². The Balaban J connectivity index is 1.79. The Morgan fingerprint density at radius 2 is 2.05 bits per heavy atom.